The van der Waals surface area contributed by atoms with Crippen molar-refractivity contribution < 1.29 is 13.9 Å². The van der Waals surface area contributed by atoms with Gasteiger partial charge in [0.05, 0.1) is 18.4 Å². The van der Waals surface area contributed by atoms with Crippen LogP contribution in [0.4, 0.5) is 4.39 Å². The first-order valence-corrected chi connectivity index (χ1v) is 10.5. The van der Waals surface area contributed by atoms with Crippen molar-refractivity contribution in [2.75, 3.05) is 12.9 Å². The Bertz CT molecular complexity index is 952. The Morgan fingerprint density at radius 2 is 2.22 bits per heavy atom. The molecule has 2 aromatic heterocycles. The van der Waals surface area contributed by atoms with Gasteiger partial charge in [-0.25, -0.2) is 4.39 Å². The van der Waals surface area contributed by atoms with E-state index in [-0.39, 0.29) is 17.1 Å². The topological polar surface area (TPSA) is 57.0 Å². The number of nitrogens with zero attached hydrogens (tertiary/aromatic N) is 3. The minimum absolute atomic E-state index is 0.156. The molecule has 0 radical (unpaired) electrons. The van der Waals surface area contributed by atoms with Crippen LogP contribution < -0.4 is 4.74 Å². The number of benzene rings is 1. The predicted octanol–water partition coefficient (Wildman–Crippen LogP) is 4.39. The first kappa shape index (κ1) is 18.2. The van der Waals surface area contributed by atoms with Gasteiger partial charge in [0.15, 0.2) is 10.9 Å². The van der Waals surface area contributed by atoms with Crippen LogP contribution in [-0.2, 0) is 6.42 Å². The molecule has 1 fully saturated rings. The smallest absolute Gasteiger partial charge is 0.191 e. The molecule has 0 N–H and O–H groups in total. The average Bonchev–Trinajstić information content (AvgIpc) is 3.22. The first-order chi connectivity index (χ1) is 13.2. The van der Waals surface area contributed by atoms with E-state index in [1.807, 2.05) is 11.4 Å². The molecule has 27 heavy (non-hydrogen) atoms. The molecule has 0 aliphatic heterocycles. The van der Waals surface area contributed by atoms with Crippen LogP contribution in [0.3, 0.4) is 0 Å². The zero-order chi connectivity index (χ0) is 18.8. The van der Waals surface area contributed by atoms with Crippen LogP contribution in [0.15, 0.2) is 40.9 Å². The van der Waals surface area contributed by atoms with Crippen LogP contribution in [0.2, 0.25) is 0 Å². The minimum Gasteiger partial charge on any atom is -0.496 e. The van der Waals surface area contributed by atoms with Gasteiger partial charge in [0.2, 0.25) is 0 Å². The second kappa shape index (κ2) is 7.82. The van der Waals surface area contributed by atoms with Crippen molar-refractivity contribution in [1.82, 2.24) is 14.8 Å². The maximum Gasteiger partial charge on any atom is 0.191 e. The monoisotopic (exact) mass is 403 g/mol. The van der Waals surface area contributed by atoms with Crippen LogP contribution in [0.1, 0.15) is 39.9 Å². The van der Waals surface area contributed by atoms with E-state index in [2.05, 4.69) is 20.8 Å². The Kier molecular flexibility index (Phi) is 5.27. The van der Waals surface area contributed by atoms with E-state index in [0.717, 1.165) is 30.2 Å². The fourth-order valence-corrected chi connectivity index (χ4v) is 4.51. The van der Waals surface area contributed by atoms with Crippen molar-refractivity contribution in [3.8, 4) is 5.75 Å². The molecule has 2 heterocycles. The van der Waals surface area contributed by atoms with Crippen molar-refractivity contribution in [3.63, 3.8) is 0 Å². The lowest BCUT2D eigenvalue weighted by Crippen LogP contribution is -2.08. The lowest BCUT2D eigenvalue weighted by atomic mass is 10.1. The number of halogens is 1. The number of carbonyl (C=O) groups is 1. The quantitative estimate of drug-likeness (QED) is 0.412. The lowest BCUT2D eigenvalue weighted by molar-refractivity contribution is 0.101. The van der Waals surface area contributed by atoms with Gasteiger partial charge < -0.3 is 9.30 Å². The summed E-state index contributed by atoms with van der Waals surface area (Å²) in [6.45, 7) is 0. The van der Waals surface area contributed by atoms with Crippen molar-refractivity contribution >= 4 is 28.9 Å². The number of Topliss-reactive ketones (excluding diaryl/α,β-unsaturated/α-hetero) is 1. The SMILES string of the molecule is COc1ccc(F)cc1C(=O)CSc1nnc(Cc2cccs2)n1C1CC1. The highest BCUT2D eigenvalue weighted by atomic mass is 32.2. The molecular formula is C19H18FN3O2S2. The van der Waals surface area contributed by atoms with Crippen molar-refractivity contribution in [1.29, 1.82) is 0 Å². The van der Waals surface area contributed by atoms with Gasteiger partial charge in [0.1, 0.15) is 17.4 Å². The van der Waals surface area contributed by atoms with Gasteiger partial charge >= 0.3 is 0 Å². The summed E-state index contributed by atoms with van der Waals surface area (Å²) in [5.41, 5.74) is 0.251. The van der Waals surface area contributed by atoms with Crippen molar-refractivity contribution in [2.24, 2.45) is 0 Å². The number of thiophene rings is 1. The van der Waals surface area contributed by atoms with Gasteiger partial charge in [-0.3, -0.25) is 4.79 Å². The summed E-state index contributed by atoms with van der Waals surface area (Å²) >= 11 is 3.04. The molecule has 0 spiro atoms. The Labute approximate surface area is 164 Å². The van der Waals surface area contributed by atoms with Crippen LogP contribution in [0.5, 0.6) is 5.75 Å². The third-order valence-electron chi connectivity index (χ3n) is 4.35. The Hall–Kier alpha value is -2.19. The summed E-state index contributed by atoms with van der Waals surface area (Å²) in [5.74, 6) is 0.816. The Morgan fingerprint density at radius 1 is 1.37 bits per heavy atom. The second-order valence-corrected chi connectivity index (χ2v) is 8.29. The number of ether oxygens (including phenoxy) is 1. The standard InChI is InChI=1S/C19H18FN3O2S2/c1-25-17-7-4-12(20)9-15(17)16(24)11-27-19-22-21-18(23(19)13-5-6-13)10-14-3-2-8-26-14/h2-4,7-9,13H,5-6,10-11H2,1H3. The summed E-state index contributed by atoms with van der Waals surface area (Å²) in [6.07, 6.45) is 2.96. The van der Waals surface area contributed by atoms with E-state index < -0.39 is 5.82 Å². The van der Waals surface area contributed by atoms with Crippen LogP contribution in [0, 0.1) is 5.82 Å². The fraction of sp³-hybridized carbons (Fsp3) is 0.316. The highest BCUT2D eigenvalue weighted by Gasteiger charge is 2.30. The Morgan fingerprint density at radius 3 is 2.93 bits per heavy atom. The largest absolute Gasteiger partial charge is 0.496 e. The van der Waals surface area contributed by atoms with Crippen LogP contribution in [0.25, 0.3) is 0 Å². The molecule has 0 saturated heterocycles. The number of hydrogen-bond donors (Lipinski definition) is 0. The number of ketones is 1. The van der Waals surface area contributed by atoms with Crippen LogP contribution >= 0.6 is 23.1 Å². The van der Waals surface area contributed by atoms with Gasteiger partial charge in [0.25, 0.3) is 0 Å². The van der Waals surface area contributed by atoms with E-state index in [1.165, 1.54) is 41.9 Å². The summed E-state index contributed by atoms with van der Waals surface area (Å²) in [6, 6.07) is 8.50. The summed E-state index contributed by atoms with van der Waals surface area (Å²) in [5, 5.41) is 11.5. The predicted molar refractivity (Wildman–Crippen MR) is 103 cm³/mol. The molecule has 1 saturated carbocycles. The molecule has 0 atom stereocenters. The summed E-state index contributed by atoms with van der Waals surface area (Å²) < 4.78 is 20.9. The molecule has 0 bridgehead atoms. The van der Waals surface area contributed by atoms with Crippen molar-refractivity contribution in [2.45, 2.75) is 30.5 Å². The molecular weight excluding hydrogens is 385 g/mol. The number of rotatable bonds is 8. The number of thioether (sulfide) groups is 1. The third kappa shape index (κ3) is 4.06. The molecule has 0 unspecified atom stereocenters. The van der Waals surface area contributed by atoms with Gasteiger partial charge in [-0.1, -0.05) is 17.8 Å². The van der Waals surface area contributed by atoms with Crippen LogP contribution in [-0.4, -0.2) is 33.4 Å². The average molecular weight is 404 g/mol. The molecule has 1 aliphatic carbocycles. The normalized spacial score (nSPS) is 13.7. The lowest BCUT2D eigenvalue weighted by Gasteiger charge is -2.09. The van der Waals surface area contributed by atoms with E-state index in [1.54, 1.807) is 11.3 Å². The molecule has 0 amide bonds. The molecule has 5 nitrogen and oxygen atoms in total. The molecule has 4 rings (SSSR count). The fourth-order valence-electron chi connectivity index (χ4n) is 2.90. The molecule has 1 aliphatic rings. The van der Waals surface area contributed by atoms with Crippen molar-refractivity contribution in [3.05, 3.63) is 57.8 Å². The Balaban J connectivity index is 1.51. The number of aromatic nitrogens is 3. The zero-order valence-electron chi connectivity index (χ0n) is 14.7. The van der Waals surface area contributed by atoms with Gasteiger partial charge in [-0.15, -0.1) is 21.5 Å². The number of methoxy groups -OCH3 is 1. The van der Waals surface area contributed by atoms with E-state index in [0.29, 0.717) is 11.8 Å². The zero-order valence-corrected chi connectivity index (χ0v) is 16.4. The van der Waals surface area contributed by atoms with Gasteiger partial charge in [0, 0.05) is 17.3 Å². The highest BCUT2D eigenvalue weighted by molar-refractivity contribution is 7.99. The number of carbonyl (C=O) groups excluding carboxylic acids is 1. The van der Waals surface area contributed by atoms with E-state index in [4.69, 9.17) is 4.74 Å². The second-order valence-electron chi connectivity index (χ2n) is 6.31. The van der Waals surface area contributed by atoms with Gasteiger partial charge in [-0.2, -0.15) is 0 Å². The van der Waals surface area contributed by atoms with E-state index >= 15 is 0 Å². The summed E-state index contributed by atoms with van der Waals surface area (Å²) in [4.78, 5) is 13.8. The van der Waals surface area contributed by atoms with E-state index in [9.17, 15) is 9.18 Å². The van der Waals surface area contributed by atoms with Gasteiger partial charge in [-0.05, 0) is 42.5 Å². The number of hydrogen-bond acceptors (Lipinski definition) is 6. The molecule has 3 aromatic rings. The maximum atomic E-state index is 13.5. The first-order valence-electron chi connectivity index (χ1n) is 8.61. The minimum atomic E-state index is -0.455. The molecule has 8 heteroatoms. The maximum absolute atomic E-state index is 13.5. The summed E-state index contributed by atoms with van der Waals surface area (Å²) in [7, 11) is 1.47. The molecule has 140 valence electrons. The highest BCUT2D eigenvalue weighted by Crippen LogP contribution is 2.39. The third-order valence-corrected chi connectivity index (χ3v) is 6.17. The molecule has 1 aromatic carbocycles.